The van der Waals surface area contributed by atoms with Gasteiger partial charge < -0.3 is 0 Å². The van der Waals surface area contributed by atoms with E-state index in [2.05, 4.69) is 29.2 Å². The Morgan fingerprint density at radius 3 is 2.54 bits per heavy atom. The molecule has 0 spiro atoms. The number of pyridine rings is 1. The van der Waals surface area contributed by atoms with Gasteiger partial charge in [-0.05, 0) is 49.1 Å². The van der Waals surface area contributed by atoms with Crippen LogP contribution in [0.4, 0.5) is 0 Å². The molecule has 0 aliphatic carbocycles. The molecule has 0 aliphatic rings. The van der Waals surface area contributed by atoms with E-state index in [9.17, 15) is 4.79 Å². The monoisotopic (exact) mass is 387 g/mol. The highest BCUT2D eigenvalue weighted by Crippen LogP contribution is 2.22. The van der Waals surface area contributed by atoms with Crippen LogP contribution in [-0.4, -0.2) is 20.3 Å². The van der Waals surface area contributed by atoms with E-state index in [4.69, 9.17) is 4.98 Å². The zero-order chi connectivity index (χ0) is 19.3. The van der Waals surface area contributed by atoms with Gasteiger partial charge in [0.1, 0.15) is 5.82 Å². The maximum atomic E-state index is 13.2. The Kier molecular flexibility index (Phi) is 5.53. The van der Waals surface area contributed by atoms with E-state index in [0.717, 1.165) is 29.7 Å². The first-order valence-corrected chi connectivity index (χ1v) is 10.3. The molecule has 0 saturated carbocycles. The summed E-state index contributed by atoms with van der Waals surface area (Å²) in [5.41, 5.74) is 3.03. The van der Waals surface area contributed by atoms with Crippen LogP contribution in [0.2, 0.25) is 0 Å². The van der Waals surface area contributed by atoms with Gasteiger partial charge in [-0.2, -0.15) is 0 Å². The highest BCUT2D eigenvalue weighted by molar-refractivity contribution is 7.99. The molecule has 0 N–H and O–H groups in total. The summed E-state index contributed by atoms with van der Waals surface area (Å²) in [5.74, 6) is 1.49. The molecule has 0 atom stereocenters. The maximum Gasteiger partial charge on any atom is 0.267 e. The first-order chi connectivity index (χ1) is 13.7. The van der Waals surface area contributed by atoms with Crippen LogP contribution in [0.25, 0.3) is 16.7 Å². The number of thioether (sulfide) groups is 1. The van der Waals surface area contributed by atoms with Crippen LogP contribution in [0.5, 0.6) is 0 Å². The van der Waals surface area contributed by atoms with E-state index in [0.29, 0.717) is 16.4 Å². The minimum absolute atomic E-state index is 0.0764. The molecule has 4 nitrogen and oxygen atoms in total. The van der Waals surface area contributed by atoms with Crippen molar-refractivity contribution in [2.45, 2.75) is 24.9 Å². The van der Waals surface area contributed by atoms with Crippen LogP contribution < -0.4 is 5.56 Å². The van der Waals surface area contributed by atoms with Crippen LogP contribution in [0.3, 0.4) is 0 Å². The van der Waals surface area contributed by atoms with Gasteiger partial charge in [0.15, 0.2) is 5.16 Å². The predicted molar refractivity (Wildman–Crippen MR) is 115 cm³/mol. The molecule has 4 rings (SSSR count). The number of aromatic nitrogens is 3. The molecule has 2 aromatic heterocycles. The van der Waals surface area contributed by atoms with Gasteiger partial charge in [-0.15, -0.1) is 0 Å². The number of aryl methyl sites for hydroxylation is 2. The molecule has 0 radical (unpaired) electrons. The van der Waals surface area contributed by atoms with E-state index < -0.39 is 0 Å². The van der Waals surface area contributed by atoms with E-state index in [1.807, 2.05) is 49.4 Å². The Morgan fingerprint density at radius 1 is 0.964 bits per heavy atom. The molecule has 0 saturated heterocycles. The van der Waals surface area contributed by atoms with Gasteiger partial charge >= 0.3 is 0 Å². The molecule has 5 heteroatoms. The first-order valence-electron chi connectivity index (χ1n) is 9.34. The van der Waals surface area contributed by atoms with Crippen LogP contribution in [-0.2, 0) is 6.42 Å². The molecule has 0 bridgehead atoms. The summed E-state index contributed by atoms with van der Waals surface area (Å²) < 4.78 is 1.63. The standard InChI is InChI=1S/C23H21N3OS/c1-17-13-14-21(24-16-17)26-22(27)19-11-5-6-12-20(19)25-23(26)28-15-7-10-18-8-3-2-4-9-18/h2-6,8-9,11-14,16H,7,10,15H2,1H3. The summed E-state index contributed by atoms with van der Waals surface area (Å²) in [6.07, 6.45) is 3.80. The van der Waals surface area contributed by atoms with Crippen LogP contribution in [0.15, 0.2) is 82.9 Å². The number of hydrogen-bond acceptors (Lipinski definition) is 4. The van der Waals surface area contributed by atoms with E-state index in [-0.39, 0.29) is 5.56 Å². The number of fused-ring (bicyclic) bond motifs is 1. The van der Waals surface area contributed by atoms with Gasteiger partial charge in [-0.3, -0.25) is 4.79 Å². The van der Waals surface area contributed by atoms with E-state index >= 15 is 0 Å². The Hall–Kier alpha value is -2.92. The average Bonchev–Trinajstić information content (AvgIpc) is 2.73. The maximum absolute atomic E-state index is 13.2. The van der Waals surface area contributed by atoms with E-state index in [1.165, 1.54) is 5.56 Å². The zero-order valence-electron chi connectivity index (χ0n) is 15.7. The van der Waals surface area contributed by atoms with Crippen molar-refractivity contribution in [3.8, 4) is 5.82 Å². The minimum atomic E-state index is -0.0764. The minimum Gasteiger partial charge on any atom is -0.268 e. The zero-order valence-corrected chi connectivity index (χ0v) is 16.5. The van der Waals surface area contributed by atoms with Gasteiger partial charge in [0, 0.05) is 11.9 Å². The van der Waals surface area contributed by atoms with Gasteiger partial charge in [-0.25, -0.2) is 14.5 Å². The molecule has 28 heavy (non-hydrogen) atoms. The van der Waals surface area contributed by atoms with Gasteiger partial charge in [0.25, 0.3) is 5.56 Å². The summed E-state index contributed by atoms with van der Waals surface area (Å²) in [6.45, 7) is 1.98. The third-order valence-corrected chi connectivity index (χ3v) is 5.58. The quantitative estimate of drug-likeness (QED) is 0.270. The lowest BCUT2D eigenvalue weighted by Gasteiger charge is -2.12. The SMILES string of the molecule is Cc1ccc(-n2c(SCCCc3ccccc3)nc3ccccc3c2=O)nc1. The smallest absolute Gasteiger partial charge is 0.267 e. The molecular weight excluding hydrogens is 366 g/mol. The van der Waals surface area contributed by atoms with Crippen molar-refractivity contribution in [1.29, 1.82) is 0 Å². The molecule has 0 amide bonds. The average molecular weight is 388 g/mol. The van der Waals surface area contributed by atoms with Crippen molar-refractivity contribution in [1.82, 2.24) is 14.5 Å². The largest absolute Gasteiger partial charge is 0.268 e. The second kappa shape index (κ2) is 8.40. The second-order valence-corrected chi connectivity index (χ2v) is 7.75. The molecule has 2 heterocycles. The lowest BCUT2D eigenvalue weighted by Crippen LogP contribution is -2.22. The summed E-state index contributed by atoms with van der Waals surface area (Å²) in [7, 11) is 0. The molecule has 0 unspecified atom stereocenters. The number of rotatable bonds is 6. The molecule has 140 valence electrons. The van der Waals surface area contributed by atoms with E-state index in [1.54, 1.807) is 22.5 Å². The topological polar surface area (TPSA) is 47.8 Å². The Morgan fingerprint density at radius 2 is 1.75 bits per heavy atom. The fourth-order valence-corrected chi connectivity index (χ4v) is 4.03. The van der Waals surface area contributed by atoms with Crippen molar-refractivity contribution < 1.29 is 0 Å². The highest BCUT2D eigenvalue weighted by Gasteiger charge is 2.14. The predicted octanol–water partition coefficient (Wildman–Crippen LogP) is 4.81. The molecule has 0 aliphatic heterocycles. The second-order valence-electron chi connectivity index (χ2n) is 6.68. The molecular formula is C23H21N3OS. The van der Waals surface area contributed by atoms with Crippen molar-refractivity contribution >= 4 is 22.7 Å². The van der Waals surface area contributed by atoms with Crippen LogP contribution in [0.1, 0.15) is 17.5 Å². The van der Waals surface area contributed by atoms with Crippen molar-refractivity contribution in [3.63, 3.8) is 0 Å². The third kappa shape index (κ3) is 3.99. The van der Waals surface area contributed by atoms with Crippen molar-refractivity contribution in [2.24, 2.45) is 0 Å². The first kappa shape index (κ1) is 18.4. The third-order valence-electron chi connectivity index (χ3n) is 4.55. The summed E-state index contributed by atoms with van der Waals surface area (Å²) in [5, 5.41) is 1.30. The number of benzene rings is 2. The normalized spacial score (nSPS) is 11.0. The van der Waals surface area contributed by atoms with Gasteiger partial charge in [0.2, 0.25) is 0 Å². The van der Waals surface area contributed by atoms with Crippen molar-refractivity contribution in [3.05, 3.63) is 94.4 Å². The van der Waals surface area contributed by atoms with Gasteiger partial charge in [0.05, 0.1) is 10.9 Å². The fourth-order valence-electron chi connectivity index (χ4n) is 3.09. The van der Waals surface area contributed by atoms with Crippen LogP contribution >= 0.6 is 11.8 Å². The molecule has 2 aromatic carbocycles. The lowest BCUT2D eigenvalue weighted by atomic mass is 10.1. The van der Waals surface area contributed by atoms with Crippen LogP contribution in [0, 0.1) is 6.92 Å². The lowest BCUT2D eigenvalue weighted by molar-refractivity contribution is 0.792. The number of nitrogens with zero attached hydrogens (tertiary/aromatic N) is 3. The molecule has 0 fully saturated rings. The van der Waals surface area contributed by atoms with Gasteiger partial charge in [-0.1, -0.05) is 60.3 Å². The highest BCUT2D eigenvalue weighted by atomic mass is 32.2. The summed E-state index contributed by atoms with van der Waals surface area (Å²) >= 11 is 1.61. The Labute approximate surface area is 168 Å². The molecule has 4 aromatic rings. The number of hydrogen-bond donors (Lipinski definition) is 0. The Bertz CT molecular complexity index is 1140. The van der Waals surface area contributed by atoms with Crippen molar-refractivity contribution in [2.75, 3.05) is 5.75 Å². The fraction of sp³-hybridized carbons (Fsp3) is 0.174. The number of para-hydroxylation sites is 1. The summed E-state index contributed by atoms with van der Waals surface area (Å²) in [4.78, 5) is 22.4. The summed E-state index contributed by atoms with van der Waals surface area (Å²) in [6, 6.07) is 21.8. The Balaban J connectivity index is 1.64.